The molecule has 0 aliphatic carbocycles. The van der Waals surface area contributed by atoms with Crippen molar-refractivity contribution in [2.24, 2.45) is 7.05 Å². The molecule has 1 saturated heterocycles. The number of aryl methyl sites for hydroxylation is 1. The van der Waals surface area contributed by atoms with Crippen molar-refractivity contribution >= 4 is 34.7 Å². The molecular weight excluding hydrogens is 495 g/mol. The zero-order chi connectivity index (χ0) is 25.8. The van der Waals surface area contributed by atoms with Crippen LogP contribution in [0.4, 0.5) is 26.2 Å². The van der Waals surface area contributed by atoms with Crippen LogP contribution in [0.5, 0.6) is 11.5 Å². The molecule has 2 N–H and O–H groups in total. The van der Waals surface area contributed by atoms with Crippen molar-refractivity contribution in [2.75, 3.05) is 28.6 Å². The van der Waals surface area contributed by atoms with Gasteiger partial charge in [0.1, 0.15) is 5.75 Å². The van der Waals surface area contributed by atoms with Crippen molar-refractivity contribution in [3.05, 3.63) is 78.0 Å². The lowest BCUT2D eigenvalue weighted by Gasteiger charge is -2.29. The van der Waals surface area contributed by atoms with Gasteiger partial charge in [-0.2, -0.15) is 5.10 Å². The second-order valence-corrected chi connectivity index (χ2v) is 9.29. The molecule has 1 aliphatic heterocycles. The maximum absolute atomic E-state index is 14.8. The SMILES string of the molecule is Cn1cc(-c2cc(Oc3ccc(NC(=O)Nc4cc(Cl)cc(N5CCCCC5)c4)cc3F)ccn2)cn1. The third kappa shape index (κ3) is 6.18. The van der Waals surface area contributed by atoms with E-state index in [2.05, 4.69) is 25.6 Å². The second kappa shape index (κ2) is 10.9. The summed E-state index contributed by atoms with van der Waals surface area (Å²) >= 11 is 6.29. The number of anilines is 3. The van der Waals surface area contributed by atoms with E-state index in [4.69, 9.17) is 16.3 Å². The first kappa shape index (κ1) is 24.6. The van der Waals surface area contributed by atoms with Gasteiger partial charge in [-0.05, 0) is 55.7 Å². The van der Waals surface area contributed by atoms with Crippen LogP contribution in [0.3, 0.4) is 0 Å². The molecule has 10 heteroatoms. The Labute approximate surface area is 219 Å². The Hall–Kier alpha value is -4.11. The number of ether oxygens (including phenoxy) is 1. The Kier molecular flexibility index (Phi) is 7.23. The molecule has 37 heavy (non-hydrogen) atoms. The minimum Gasteiger partial charge on any atom is -0.454 e. The summed E-state index contributed by atoms with van der Waals surface area (Å²) in [5, 5.41) is 10.1. The number of pyridine rings is 1. The average Bonchev–Trinajstić information content (AvgIpc) is 3.32. The van der Waals surface area contributed by atoms with Crippen LogP contribution in [0.2, 0.25) is 5.02 Å². The van der Waals surface area contributed by atoms with Crippen LogP contribution in [0.1, 0.15) is 19.3 Å². The second-order valence-electron chi connectivity index (χ2n) is 8.85. The van der Waals surface area contributed by atoms with E-state index < -0.39 is 11.8 Å². The summed E-state index contributed by atoms with van der Waals surface area (Å²) in [6.45, 7) is 1.92. The molecule has 4 aromatic rings. The molecule has 8 nitrogen and oxygen atoms in total. The summed E-state index contributed by atoms with van der Waals surface area (Å²) in [5.41, 5.74) is 3.30. The van der Waals surface area contributed by atoms with Crippen molar-refractivity contribution < 1.29 is 13.9 Å². The Morgan fingerprint density at radius 1 is 1.03 bits per heavy atom. The number of nitrogens with one attached hydrogen (secondary N) is 2. The van der Waals surface area contributed by atoms with Gasteiger partial charge in [0.15, 0.2) is 11.6 Å². The Morgan fingerprint density at radius 3 is 2.59 bits per heavy atom. The molecule has 190 valence electrons. The highest BCUT2D eigenvalue weighted by Crippen LogP contribution is 2.30. The first-order valence-corrected chi connectivity index (χ1v) is 12.4. The predicted octanol–water partition coefficient (Wildman–Crippen LogP) is 6.70. The summed E-state index contributed by atoms with van der Waals surface area (Å²) < 4.78 is 22.2. The average molecular weight is 521 g/mol. The van der Waals surface area contributed by atoms with Crippen molar-refractivity contribution in [3.8, 4) is 22.8 Å². The number of hydrogen-bond donors (Lipinski definition) is 2. The first-order chi connectivity index (χ1) is 17.9. The summed E-state index contributed by atoms with van der Waals surface area (Å²) in [6, 6.07) is 12.5. The highest BCUT2D eigenvalue weighted by atomic mass is 35.5. The quantitative estimate of drug-likeness (QED) is 0.295. The third-order valence-electron chi connectivity index (χ3n) is 6.01. The number of hydrogen-bond acceptors (Lipinski definition) is 5. The number of urea groups is 1. The Morgan fingerprint density at radius 2 is 1.84 bits per heavy atom. The fourth-order valence-electron chi connectivity index (χ4n) is 4.25. The van der Waals surface area contributed by atoms with Crippen molar-refractivity contribution in [1.29, 1.82) is 0 Å². The number of benzene rings is 2. The van der Waals surface area contributed by atoms with Crippen LogP contribution in [-0.2, 0) is 7.05 Å². The van der Waals surface area contributed by atoms with Crippen molar-refractivity contribution in [3.63, 3.8) is 0 Å². The molecule has 0 radical (unpaired) electrons. The maximum Gasteiger partial charge on any atom is 0.323 e. The number of nitrogens with zero attached hydrogens (tertiary/aromatic N) is 4. The van der Waals surface area contributed by atoms with Gasteiger partial charge in [0.2, 0.25) is 0 Å². The van der Waals surface area contributed by atoms with Gasteiger partial charge >= 0.3 is 6.03 Å². The molecule has 1 fully saturated rings. The molecular formula is C27H26ClFN6O2. The normalized spacial score (nSPS) is 13.3. The Bertz CT molecular complexity index is 1420. The standard InChI is InChI=1S/C27H26ClFN6O2/c1-34-17-18(16-31-34)25-15-23(7-8-30-25)37-26-6-5-20(14-24(26)29)32-27(36)33-21-11-19(28)12-22(13-21)35-9-3-2-4-10-35/h5-8,11-17H,2-4,9-10H2,1H3,(H2,32,33,36). The molecule has 2 amide bonds. The van der Waals surface area contributed by atoms with Crippen molar-refractivity contribution in [2.45, 2.75) is 19.3 Å². The van der Waals surface area contributed by atoms with E-state index in [-0.39, 0.29) is 11.4 Å². The van der Waals surface area contributed by atoms with Gasteiger partial charge in [-0.15, -0.1) is 0 Å². The van der Waals surface area contributed by atoms with Gasteiger partial charge in [0.25, 0.3) is 0 Å². The van der Waals surface area contributed by atoms with E-state index in [0.717, 1.165) is 37.2 Å². The number of carbonyl (C=O) groups is 1. The van der Waals surface area contributed by atoms with Gasteiger partial charge in [-0.25, -0.2) is 9.18 Å². The van der Waals surface area contributed by atoms with E-state index in [0.29, 0.717) is 22.2 Å². The van der Waals surface area contributed by atoms with E-state index in [1.807, 2.05) is 25.4 Å². The minimum atomic E-state index is -0.618. The molecule has 3 heterocycles. The topological polar surface area (TPSA) is 84.3 Å². The zero-order valence-electron chi connectivity index (χ0n) is 20.2. The van der Waals surface area contributed by atoms with Gasteiger partial charge in [0, 0.05) is 72.3 Å². The molecule has 2 aromatic carbocycles. The minimum absolute atomic E-state index is 0.0234. The van der Waals surface area contributed by atoms with Crippen LogP contribution in [-0.4, -0.2) is 33.9 Å². The van der Waals surface area contributed by atoms with E-state index in [9.17, 15) is 9.18 Å². The molecule has 5 rings (SSSR count). The van der Waals surface area contributed by atoms with E-state index in [1.165, 1.54) is 18.6 Å². The summed E-state index contributed by atoms with van der Waals surface area (Å²) in [6.07, 6.45) is 8.59. The Balaban J connectivity index is 1.23. The number of carbonyl (C=O) groups excluding carboxylic acids is 1. The van der Waals surface area contributed by atoms with E-state index in [1.54, 1.807) is 41.3 Å². The lowest BCUT2D eigenvalue weighted by atomic mass is 10.1. The first-order valence-electron chi connectivity index (χ1n) is 12.0. The lowest BCUT2D eigenvalue weighted by Crippen LogP contribution is -2.29. The summed E-state index contributed by atoms with van der Waals surface area (Å²) in [5.74, 6) is -0.167. The van der Waals surface area contributed by atoms with Crippen LogP contribution in [0.15, 0.2) is 67.1 Å². The number of rotatable bonds is 6. The van der Waals surface area contributed by atoms with Gasteiger partial charge in [-0.3, -0.25) is 9.67 Å². The van der Waals surface area contributed by atoms with Crippen LogP contribution in [0, 0.1) is 5.82 Å². The molecule has 0 spiro atoms. The molecule has 0 saturated carbocycles. The largest absolute Gasteiger partial charge is 0.454 e. The third-order valence-corrected chi connectivity index (χ3v) is 6.23. The highest BCUT2D eigenvalue weighted by molar-refractivity contribution is 6.31. The lowest BCUT2D eigenvalue weighted by molar-refractivity contribution is 0.262. The molecule has 1 aliphatic rings. The highest BCUT2D eigenvalue weighted by Gasteiger charge is 2.14. The predicted molar refractivity (Wildman–Crippen MR) is 143 cm³/mol. The summed E-state index contributed by atoms with van der Waals surface area (Å²) in [7, 11) is 1.82. The fraction of sp³-hybridized carbons (Fsp3) is 0.222. The van der Waals surface area contributed by atoms with Gasteiger partial charge < -0.3 is 20.3 Å². The zero-order valence-corrected chi connectivity index (χ0v) is 21.0. The van der Waals surface area contributed by atoms with E-state index >= 15 is 0 Å². The number of piperidine rings is 1. The van der Waals surface area contributed by atoms with Gasteiger partial charge in [-0.1, -0.05) is 11.6 Å². The molecule has 0 atom stereocenters. The number of amides is 2. The van der Waals surface area contributed by atoms with Crippen LogP contribution >= 0.6 is 11.6 Å². The monoisotopic (exact) mass is 520 g/mol. The fourth-order valence-corrected chi connectivity index (χ4v) is 4.48. The number of aromatic nitrogens is 3. The van der Waals surface area contributed by atoms with Gasteiger partial charge in [0.05, 0.1) is 11.9 Å². The molecule has 0 bridgehead atoms. The van der Waals surface area contributed by atoms with Crippen LogP contribution < -0.4 is 20.3 Å². The molecule has 2 aromatic heterocycles. The van der Waals surface area contributed by atoms with Crippen LogP contribution in [0.25, 0.3) is 11.3 Å². The molecule has 0 unspecified atom stereocenters. The maximum atomic E-state index is 14.8. The number of halogens is 2. The summed E-state index contributed by atoms with van der Waals surface area (Å²) in [4.78, 5) is 19.2. The smallest absolute Gasteiger partial charge is 0.323 e. The van der Waals surface area contributed by atoms with Crippen molar-refractivity contribution in [1.82, 2.24) is 14.8 Å².